The van der Waals surface area contributed by atoms with Crippen molar-refractivity contribution in [3.8, 4) is 0 Å². The molecule has 2 nitrogen and oxygen atoms in total. The Kier molecular flexibility index (Phi) is 4.53. The minimum absolute atomic E-state index is 0.0301. The molecule has 0 amide bonds. The van der Waals surface area contributed by atoms with Gasteiger partial charge in [0.1, 0.15) is 5.82 Å². The second-order valence-electron chi connectivity index (χ2n) is 6.86. The Morgan fingerprint density at radius 2 is 2.19 bits per heavy atom. The van der Waals surface area contributed by atoms with Gasteiger partial charge in [0.15, 0.2) is 0 Å². The van der Waals surface area contributed by atoms with E-state index >= 15 is 0 Å². The first-order valence-corrected chi connectivity index (χ1v) is 8.25. The van der Waals surface area contributed by atoms with Crippen molar-refractivity contribution in [3.05, 3.63) is 34.6 Å². The topological polar surface area (TPSA) is 23.5 Å². The predicted octanol–water partition coefficient (Wildman–Crippen LogP) is 3.85. The molecule has 0 unspecified atom stereocenters. The molecule has 0 bridgehead atoms. The zero-order chi connectivity index (χ0) is 14.9. The maximum Gasteiger partial charge on any atom is 0.129 e. The van der Waals surface area contributed by atoms with Gasteiger partial charge in [0.2, 0.25) is 0 Å². The Morgan fingerprint density at radius 1 is 1.38 bits per heavy atom. The molecular formula is C17H23ClFNO. The molecule has 1 aliphatic heterocycles. The Balaban J connectivity index is 1.67. The second kappa shape index (κ2) is 6.23. The van der Waals surface area contributed by atoms with Crippen LogP contribution in [-0.2, 0) is 6.54 Å². The standard InChI is InChI=1S/C17H23ClFNO/c18-15-5-4-14(16(19)8-15)10-20-7-1-6-17(11-20,12-21)9-13-2-3-13/h4-5,8,13,21H,1-3,6-7,9-12H2/t17-/m0/s1. The van der Waals surface area contributed by atoms with Crippen LogP contribution >= 0.6 is 11.6 Å². The Bertz CT molecular complexity index is 506. The van der Waals surface area contributed by atoms with E-state index in [1.54, 1.807) is 12.1 Å². The van der Waals surface area contributed by atoms with Gasteiger partial charge >= 0.3 is 0 Å². The summed E-state index contributed by atoms with van der Waals surface area (Å²) in [6.45, 7) is 2.72. The average molecular weight is 312 g/mol. The molecule has 116 valence electrons. The zero-order valence-corrected chi connectivity index (χ0v) is 13.1. The Hall–Kier alpha value is -0.640. The van der Waals surface area contributed by atoms with E-state index in [1.807, 2.05) is 0 Å². The average Bonchev–Trinajstić information content (AvgIpc) is 3.26. The van der Waals surface area contributed by atoms with Crippen molar-refractivity contribution in [1.29, 1.82) is 0 Å². The van der Waals surface area contributed by atoms with Crippen molar-refractivity contribution in [2.45, 2.75) is 38.6 Å². The summed E-state index contributed by atoms with van der Waals surface area (Å²) in [5.41, 5.74) is 0.724. The quantitative estimate of drug-likeness (QED) is 0.892. The fraction of sp³-hybridized carbons (Fsp3) is 0.647. The first kappa shape index (κ1) is 15.3. The van der Waals surface area contributed by atoms with Crippen molar-refractivity contribution >= 4 is 11.6 Å². The van der Waals surface area contributed by atoms with Crippen molar-refractivity contribution < 1.29 is 9.50 Å². The molecule has 1 N–H and O–H groups in total. The molecule has 1 saturated heterocycles. The molecule has 1 atom stereocenters. The van der Waals surface area contributed by atoms with Crippen molar-refractivity contribution in [1.82, 2.24) is 4.90 Å². The normalized spacial score (nSPS) is 27.0. The number of piperidine rings is 1. The summed E-state index contributed by atoms with van der Waals surface area (Å²) in [5.74, 6) is 0.578. The number of hydrogen-bond acceptors (Lipinski definition) is 2. The molecule has 1 aromatic rings. The zero-order valence-electron chi connectivity index (χ0n) is 12.3. The van der Waals surface area contributed by atoms with E-state index in [-0.39, 0.29) is 17.8 Å². The highest BCUT2D eigenvalue weighted by Crippen LogP contribution is 2.44. The smallest absolute Gasteiger partial charge is 0.129 e. The van der Waals surface area contributed by atoms with E-state index in [0.29, 0.717) is 17.1 Å². The monoisotopic (exact) mass is 311 g/mol. The summed E-state index contributed by atoms with van der Waals surface area (Å²) in [6.07, 6.45) is 5.94. The number of aliphatic hydroxyl groups is 1. The van der Waals surface area contributed by atoms with E-state index in [1.165, 1.54) is 18.9 Å². The lowest BCUT2D eigenvalue weighted by Crippen LogP contribution is -2.45. The van der Waals surface area contributed by atoms with Crippen LogP contribution in [0.1, 0.15) is 37.7 Å². The Labute approximate surface area is 130 Å². The van der Waals surface area contributed by atoms with E-state index in [2.05, 4.69) is 4.90 Å². The van der Waals surface area contributed by atoms with Crippen LogP contribution < -0.4 is 0 Å². The molecule has 2 fully saturated rings. The van der Waals surface area contributed by atoms with Crippen LogP contribution in [0.15, 0.2) is 18.2 Å². The van der Waals surface area contributed by atoms with Crippen LogP contribution in [-0.4, -0.2) is 29.7 Å². The van der Waals surface area contributed by atoms with Gasteiger partial charge in [0.05, 0.1) is 0 Å². The third-order valence-electron chi connectivity index (χ3n) is 4.90. The van der Waals surface area contributed by atoms with Crippen LogP contribution in [0.2, 0.25) is 5.02 Å². The molecule has 21 heavy (non-hydrogen) atoms. The van der Waals surface area contributed by atoms with Gasteiger partial charge in [-0.15, -0.1) is 0 Å². The summed E-state index contributed by atoms with van der Waals surface area (Å²) >= 11 is 5.81. The van der Waals surface area contributed by atoms with Crippen molar-refractivity contribution in [2.75, 3.05) is 19.7 Å². The number of hydrogen-bond donors (Lipinski definition) is 1. The van der Waals surface area contributed by atoms with Crippen LogP contribution in [0.4, 0.5) is 4.39 Å². The van der Waals surface area contributed by atoms with E-state index in [0.717, 1.165) is 38.3 Å². The molecule has 0 spiro atoms. The lowest BCUT2D eigenvalue weighted by atomic mass is 9.76. The molecule has 1 saturated carbocycles. The summed E-state index contributed by atoms with van der Waals surface area (Å²) in [5, 5.41) is 10.3. The lowest BCUT2D eigenvalue weighted by molar-refractivity contribution is 0.0176. The molecule has 4 heteroatoms. The fourth-order valence-electron chi connectivity index (χ4n) is 3.63. The highest BCUT2D eigenvalue weighted by Gasteiger charge is 2.39. The lowest BCUT2D eigenvalue weighted by Gasteiger charge is -2.42. The summed E-state index contributed by atoms with van der Waals surface area (Å²) in [6, 6.07) is 4.89. The van der Waals surface area contributed by atoms with Gasteiger partial charge in [0, 0.05) is 35.7 Å². The molecule has 1 heterocycles. The van der Waals surface area contributed by atoms with E-state index in [4.69, 9.17) is 11.6 Å². The van der Waals surface area contributed by atoms with Gasteiger partial charge < -0.3 is 5.11 Å². The number of rotatable bonds is 5. The number of benzene rings is 1. The highest BCUT2D eigenvalue weighted by molar-refractivity contribution is 6.30. The Morgan fingerprint density at radius 3 is 2.86 bits per heavy atom. The van der Waals surface area contributed by atoms with Gasteiger partial charge in [0.25, 0.3) is 0 Å². The largest absolute Gasteiger partial charge is 0.396 e. The number of halogens is 2. The summed E-state index contributed by atoms with van der Waals surface area (Å²) < 4.78 is 13.9. The number of likely N-dealkylation sites (tertiary alicyclic amines) is 1. The van der Waals surface area contributed by atoms with Crippen molar-refractivity contribution in [2.24, 2.45) is 11.3 Å². The molecule has 3 rings (SSSR count). The minimum Gasteiger partial charge on any atom is -0.396 e. The van der Waals surface area contributed by atoms with Crippen LogP contribution in [0.5, 0.6) is 0 Å². The summed E-state index contributed by atoms with van der Waals surface area (Å²) in [4.78, 5) is 2.29. The third-order valence-corrected chi connectivity index (χ3v) is 5.14. The third kappa shape index (κ3) is 3.77. The number of nitrogens with zero attached hydrogens (tertiary/aromatic N) is 1. The van der Waals surface area contributed by atoms with Crippen LogP contribution in [0.25, 0.3) is 0 Å². The van der Waals surface area contributed by atoms with Crippen LogP contribution in [0.3, 0.4) is 0 Å². The van der Waals surface area contributed by atoms with Crippen LogP contribution in [0, 0.1) is 17.2 Å². The molecule has 1 aromatic carbocycles. The predicted molar refractivity (Wildman–Crippen MR) is 82.8 cm³/mol. The SMILES string of the molecule is OC[C@]1(CC2CC2)CCCN(Cc2ccc(Cl)cc2F)C1. The molecular weight excluding hydrogens is 289 g/mol. The number of aliphatic hydroxyl groups excluding tert-OH is 1. The maximum absolute atomic E-state index is 13.9. The van der Waals surface area contributed by atoms with Gasteiger partial charge in [-0.2, -0.15) is 0 Å². The molecule has 1 aliphatic carbocycles. The van der Waals surface area contributed by atoms with Gasteiger partial charge in [-0.3, -0.25) is 4.90 Å². The summed E-state index contributed by atoms with van der Waals surface area (Å²) in [7, 11) is 0. The van der Waals surface area contributed by atoms with E-state index in [9.17, 15) is 9.50 Å². The first-order valence-electron chi connectivity index (χ1n) is 7.87. The molecule has 2 aliphatic rings. The maximum atomic E-state index is 13.9. The van der Waals surface area contributed by atoms with Gasteiger partial charge in [-0.05, 0) is 43.9 Å². The second-order valence-corrected chi connectivity index (χ2v) is 7.29. The van der Waals surface area contributed by atoms with Gasteiger partial charge in [-0.25, -0.2) is 4.39 Å². The first-order chi connectivity index (χ1) is 10.1. The molecule has 0 radical (unpaired) electrons. The minimum atomic E-state index is -0.232. The van der Waals surface area contributed by atoms with E-state index < -0.39 is 0 Å². The van der Waals surface area contributed by atoms with Gasteiger partial charge in [-0.1, -0.05) is 30.5 Å². The molecule has 0 aromatic heterocycles. The van der Waals surface area contributed by atoms with Crippen molar-refractivity contribution in [3.63, 3.8) is 0 Å². The highest BCUT2D eigenvalue weighted by atomic mass is 35.5. The fourth-order valence-corrected chi connectivity index (χ4v) is 3.79.